The lowest BCUT2D eigenvalue weighted by molar-refractivity contribution is -0.113. The van der Waals surface area contributed by atoms with Crippen LogP contribution >= 0.6 is 23.4 Å². The highest BCUT2D eigenvalue weighted by Gasteiger charge is 2.16. The molecule has 0 radical (unpaired) electrons. The van der Waals surface area contributed by atoms with E-state index in [-0.39, 0.29) is 41.3 Å². The highest BCUT2D eigenvalue weighted by molar-refractivity contribution is 7.99. The molecule has 2 aromatic carbocycles. The number of anilines is 1. The fourth-order valence-electron chi connectivity index (χ4n) is 3.14. The van der Waals surface area contributed by atoms with Crippen molar-refractivity contribution in [3.05, 3.63) is 58.4 Å². The minimum Gasteiger partial charge on any atom is -0.493 e. The minimum atomic E-state index is -0.506. The molecule has 0 spiro atoms. The Morgan fingerprint density at radius 3 is 2.46 bits per heavy atom. The molecule has 3 rings (SSSR count). The summed E-state index contributed by atoms with van der Waals surface area (Å²) in [6.07, 6.45) is 0. The van der Waals surface area contributed by atoms with Gasteiger partial charge in [0.15, 0.2) is 22.5 Å². The van der Waals surface area contributed by atoms with Crippen LogP contribution in [0.4, 0.5) is 5.69 Å². The molecule has 1 aromatic heterocycles. The molecule has 0 unspecified atom stereocenters. The Morgan fingerprint density at radius 1 is 1.03 bits per heavy atom. The monoisotopic (exact) mass is 547 g/mol. The third-order valence-corrected chi connectivity index (χ3v) is 6.41. The van der Waals surface area contributed by atoms with Gasteiger partial charge in [-0.3, -0.25) is 9.59 Å². The van der Waals surface area contributed by atoms with Crippen LogP contribution in [0.2, 0.25) is 5.02 Å². The molecule has 3 aromatic rings. The van der Waals surface area contributed by atoms with E-state index in [4.69, 9.17) is 25.8 Å². The molecule has 2 N–H and O–H groups in total. The largest absolute Gasteiger partial charge is 0.493 e. The van der Waals surface area contributed by atoms with Crippen LogP contribution in [-0.4, -0.2) is 59.1 Å². The van der Waals surface area contributed by atoms with Gasteiger partial charge in [0.05, 0.1) is 49.4 Å². The normalized spacial score (nSPS) is 10.5. The van der Waals surface area contributed by atoms with Crippen molar-refractivity contribution in [1.82, 2.24) is 20.1 Å². The number of carbonyl (C=O) groups excluding carboxylic acids is 3. The molecule has 1 heterocycles. The Bertz CT molecular complexity index is 1300. The zero-order valence-electron chi connectivity index (χ0n) is 20.7. The van der Waals surface area contributed by atoms with E-state index < -0.39 is 5.97 Å². The summed E-state index contributed by atoms with van der Waals surface area (Å²) in [7, 11) is 4.75. The molecule has 0 aliphatic carbocycles. The molecule has 0 fully saturated rings. The van der Waals surface area contributed by atoms with Gasteiger partial charge in [-0.05, 0) is 43.3 Å². The maximum Gasteiger partial charge on any atom is 0.338 e. The molecule has 13 heteroatoms. The Balaban J connectivity index is 1.56. The van der Waals surface area contributed by atoms with Crippen LogP contribution in [0.15, 0.2) is 41.6 Å². The van der Waals surface area contributed by atoms with Gasteiger partial charge in [0.25, 0.3) is 5.91 Å². The summed E-state index contributed by atoms with van der Waals surface area (Å²) in [5.74, 6) is 0.311. The number of halogens is 1. The van der Waals surface area contributed by atoms with Gasteiger partial charge in [-0.2, -0.15) is 0 Å². The van der Waals surface area contributed by atoms with E-state index in [1.165, 1.54) is 32.4 Å². The van der Waals surface area contributed by atoms with Crippen molar-refractivity contribution in [2.24, 2.45) is 7.05 Å². The number of hydrogen-bond donors (Lipinski definition) is 2. The van der Waals surface area contributed by atoms with Crippen molar-refractivity contribution in [3.63, 3.8) is 0 Å². The molecule has 0 saturated heterocycles. The fourth-order valence-corrected chi connectivity index (χ4v) is 4.04. The number of rotatable bonds is 11. The van der Waals surface area contributed by atoms with E-state index in [0.29, 0.717) is 33.7 Å². The first-order valence-corrected chi connectivity index (χ1v) is 12.4. The SMILES string of the molecule is CCOC(=O)c1ccc(Cl)c(NC(=O)CSc2nnc(CNC(=O)c3ccc(OC)c(OC)c3)n2C)c1. The van der Waals surface area contributed by atoms with Gasteiger partial charge < -0.3 is 29.4 Å². The molecule has 196 valence electrons. The van der Waals surface area contributed by atoms with Crippen LogP contribution < -0.4 is 20.1 Å². The molecule has 0 aliphatic heterocycles. The summed E-state index contributed by atoms with van der Waals surface area (Å²) in [4.78, 5) is 37.0. The van der Waals surface area contributed by atoms with Crippen LogP contribution in [0.25, 0.3) is 0 Å². The number of amides is 2. The Morgan fingerprint density at radius 2 is 1.76 bits per heavy atom. The van der Waals surface area contributed by atoms with Crippen molar-refractivity contribution < 1.29 is 28.6 Å². The predicted octanol–water partition coefficient (Wildman–Crippen LogP) is 3.32. The second kappa shape index (κ2) is 13.0. The molecule has 37 heavy (non-hydrogen) atoms. The van der Waals surface area contributed by atoms with Crippen molar-refractivity contribution in [1.29, 1.82) is 0 Å². The van der Waals surface area contributed by atoms with Gasteiger partial charge in [-0.25, -0.2) is 4.79 Å². The summed E-state index contributed by atoms with van der Waals surface area (Å²) in [5.41, 5.74) is 0.980. The van der Waals surface area contributed by atoms with Crippen molar-refractivity contribution in [2.75, 3.05) is 31.9 Å². The number of hydrogen-bond acceptors (Lipinski definition) is 9. The highest BCUT2D eigenvalue weighted by Crippen LogP contribution is 2.28. The standard InChI is InChI=1S/C24H26ClN5O6S/c1-5-36-23(33)15-6-8-16(25)17(10-15)27-21(31)13-37-24-29-28-20(30(24)2)12-26-22(32)14-7-9-18(34-3)19(11-14)35-4/h6-11H,5,12-13H2,1-4H3,(H,26,32)(H,27,31). The van der Waals surface area contributed by atoms with Gasteiger partial charge in [0.1, 0.15) is 0 Å². The van der Waals surface area contributed by atoms with Crippen LogP contribution in [-0.2, 0) is 23.1 Å². The first kappa shape index (κ1) is 27.8. The smallest absolute Gasteiger partial charge is 0.338 e. The Hall–Kier alpha value is -3.77. The van der Waals surface area contributed by atoms with Gasteiger partial charge in [-0.1, -0.05) is 23.4 Å². The fraction of sp³-hybridized carbons (Fsp3) is 0.292. The summed E-state index contributed by atoms with van der Waals surface area (Å²) >= 11 is 7.32. The first-order chi connectivity index (χ1) is 17.8. The van der Waals surface area contributed by atoms with Crippen molar-refractivity contribution in [3.8, 4) is 11.5 Å². The third kappa shape index (κ3) is 7.14. The van der Waals surface area contributed by atoms with E-state index in [1.54, 1.807) is 36.7 Å². The minimum absolute atomic E-state index is 0.0178. The second-order valence-electron chi connectivity index (χ2n) is 7.46. The number of aromatic nitrogens is 3. The molecular weight excluding hydrogens is 522 g/mol. The van der Waals surface area contributed by atoms with Gasteiger partial charge in [-0.15, -0.1) is 10.2 Å². The molecule has 11 nitrogen and oxygen atoms in total. The van der Waals surface area contributed by atoms with E-state index in [1.807, 2.05) is 0 Å². The van der Waals surface area contributed by atoms with E-state index in [9.17, 15) is 14.4 Å². The zero-order valence-corrected chi connectivity index (χ0v) is 22.2. The average Bonchev–Trinajstić information content (AvgIpc) is 3.25. The van der Waals surface area contributed by atoms with Crippen LogP contribution in [0.5, 0.6) is 11.5 Å². The molecule has 0 atom stereocenters. The third-order valence-electron chi connectivity index (χ3n) is 5.06. The number of thioether (sulfide) groups is 1. The molecule has 0 bridgehead atoms. The summed E-state index contributed by atoms with van der Waals surface area (Å²) in [5, 5.41) is 14.4. The lowest BCUT2D eigenvalue weighted by Crippen LogP contribution is -2.24. The number of ether oxygens (including phenoxy) is 3. The molecule has 0 aliphatic rings. The number of methoxy groups -OCH3 is 2. The van der Waals surface area contributed by atoms with Crippen molar-refractivity contribution in [2.45, 2.75) is 18.6 Å². The topological polar surface area (TPSA) is 134 Å². The molecule has 2 amide bonds. The van der Waals surface area contributed by atoms with Gasteiger partial charge in [0, 0.05) is 12.6 Å². The molecular formula is C24H26ClN5O6S. The predicted molar refractivity (Wildman–Crippen MR) is 138 cm³/mol. The van der Waals surface area contributed by atoms with Gasteiger partial charge >= 0.3 is 5.97 Å². The average molecular weight is 548 g/mol. The maximum atomic E-state index is 12.6. The van der Waals surface area contributed by atoms with Gasteiger partial charge in [0.2, 0.25) is 5.91 Å². The number of esters is 1. The maximum absolute atomic E-state index is 12.6. The lowest BCUT2D eigenvalue weighted by Gasteiger charge is -2.10. The lowest BCUT2D eigenvalue weighted by atomic mass is 10.2. The Labute approximate surface area is 222 Å². The number of carbonyl (C=O) groups is 3. The number of benzene rings is 2. The second-order valence-corrected chi connectivity index (χ2v) is 8.81. The summed E-state index contributed by atoms with van der Waals surface area (Å²) in [6.45, 7) is 2.07. The Kier molecular flexibility index (Phi) is 9.75. The first-order valence-electron chi connectivity index (χ1n) is 11.0. The van der Waals surface area contributed by atoms with E-state index >= 15 is 0 Å². The van der Waals surface area contributed by atoms with Crippen LogP contribution in [0.3, 0.4) is 0 Å². The molecule has 0 saturated carbocycles. The van der Waals surface area contributed by atoms with Crippen LogP contribution in [0.1, 0.15) is 33.5 Å². The van der Waals surface area contributed by atoms with E-state index in [0.717, 1.165) is 11.8 Å². The van der Waals surface area contributed by atoms with Crippen molar-refractivity contribution >= 4 is 46.8 Å². The number of nitrogens with one attached hydrogen (secondary N) is 2. The summed E-state index contributed by atoms with van der Waals surface area (Å²) < 4.78 is 17.1. The quantitative estimate of drug-likeness (QED) is 0.274. The highest BCUT2D eigenvalue weighted by atomic mass is 35.5. The zero-order chi connectivity index (χ0) is 26.9. The summed E-state index contributed by atoms with van der Waals surface area (Å²) in [6, 6.07) is 9.36. The van der Waals surface area contributed by atoms with Crippen LogP contribution in [0, 0.1) is 0 Å². The number of nitrogens with zero attached hydrogens (tertiary/aromatic N) is 3. The van der Waals surface area contributed by atoms with E-state index in [2.05, 4.69) is 20.8 Å².